The van der Waals surface area contributed by atoms with E-state index in [9.17, 15) is 5.11 Å². The van der Waals surface area contributed by atoms with Gasteiger partial charge in [-0.15, -0.1) is 0 Å². The Balaban J connectivity index is 2.15. The van der Waals surface area contributed by atoms with Gasteiger partial charge < -0.3 is 9.84 Å². The fourth-order valence-electron chi connectivity index (χ4n) is 1.97. The highest BCUT2D eigenvalue weighted by Crippen LogP contribution is 2.36. The van der Waals surface area contributed by atoms with Crippen LogP contribution in [-0.2, 0) is 6.42 Å². The highest BCUT2D eigenvalue weighted by molar-refractivity contribution is 5.34. The SMILES string of the molecule is COc1ccccc1CC1(O)CCC1. The van der Waals surface area contributed by atoms with Crippen LogP contribution in [0.25, 0.3) is 0 Å². The van der Waals surface area contributed by atoms with Crippen LogP contribution in [0.3, 0.4) is 0 Å². The molecule has 1 N–H and O–H groups in total. The Kier molecular flexibility index (Phi) is 2.46. The van der Waals surface area contributed by atoms with E-state index in [0.29, 0.717) is 0 Å². The van der Waals surface area contributed by atoms with Gasteiger partial charge in [-0.3, -0.25) is 0 Å². The summed E-state index contributed by atoms with van der Waals surface area (Å²) >= 11 is 0. The Labute approximate surface area is 84.5 Å². The van der Waals surface area contributed by atoms with Crippen LogP contribution in [0.5, 0.6) is 5.75 Å². The van der Waals surface area contributed by atoms with Gasteiger partial charge in [-0.2, -0.15) is 0 Å². The minimum Gasteiger partial charge on any atom is -0.496 e. The summed E-state index contributed by atoms with van der Waals surface area (Å²) in [7, 11) is 1.67. The quantitative estimate of drug-likeness (QED) is 0.795. The lowest BCUT2D eigenvalue weighted by Gasteiger charge is -2.37. The number of hydrogen-bond donors (Lipinski definition) is 1. The molecule has 0 radical (unpaired) electrons. The molecule has 0 saturated heterocycles. The van der Waals surface area contributed by atoms with Crippen LogP contribution in [0, 0.1) is 0 Å². The van der Waals surface area contributed by atoms with Crippen LogP contribution < -0.4 is 4.74 Å². The molecule has 0 spiro atoms. The normalized spacial score (nSPS) is 18.7. The van der Waals surface area contributed by atoms with Crippen LogP contribution in [0.1, 0.15) is 24.8 Å². The number of aliphatic hydroxyl groups is 1. The van der Waals surface area contributed by atoms with Gasteiger partial charge in [0.2, 0.25) is 0 Å². The van der Waals surface area contributed by atoms with Crippen LogP contribution in [0.2, 0.25) is 0 Å². The molecule has 1 saturated carbocycles. The van der Waals surface area contributed by atoms with Crippen molar-refractivity contribution in [3.63, 3.8) is 0 Å². The zero-order valence-corrected chi connectivity index (χ0v) is 8.49. The van der Waals surface area contributed by atoms with Gasteiger partial charge in [0, 0.05) is 6.42 Å². The highest BCUT2D eigenvalue weighted by Gasteiger charge is 2.34. The van der Waals surface area contributed by atoms with Gasteiger partial charge in [0.05, 0.1) is 12.7 Å². The van der Waals surface area contributed by atoms with E-state index in [1.54, 1.807) is 7.11 Å². The smallest absolute Gasteiger partial charge is 0.122 e. The first-order valence-corrected chi connectivity index (χ1v) is 5.08. The van der Waals surface area contributed by atoms with Crippen molar-refractivity contribution >= 4 is 0 Å². The minimum absolute atomic E-state index is 0.464. The number of ether oxygens (including phenoxy) is 1. The summed E-state index contributed by atoms with van der Waals surface area (Å²) in [5, 5.41) is 10.0. The highest BCUT2D eigenvalue weighted by atomic mass is 16.5. The van der Waals surface area contributed by atoms with Crippen LogP contribution in [0.15, 0.2) is 24.3 Å². The molecule has 76 valence electrons. The molecule has 1 fully saturated rings. The van der Waals surface area contributed by atoms with Crippen LogP contribution >= 0.6 is 0 Å². The summed E-state index contributed by atoms with van der Waals surface area (Å²) in [6.07, 6.45) is 3.71. The number of benzene rings is 1. The van der Waals surface area contributed by atoms with E-state index in [2.05, 4.69) is 0 Å². The summed E-state index contributed by atoms with van der Waals surface area (Å²) in [5.41, 5.74) is 0.645. The number of rotatable bonds is 3. The fraction of sp³-hybridized carbons (Fsp3) is 0.500. The van der Waals surface area contributed by atoms with Crippen molar-refractivity contribution in [3.8, 4) is 5.75 Å². The van der Waals surface area contributed by atoms with Gasteiger partial charge in [0.15, 0.2) is 0 Å². The lowest BCUT2D eigenvalue weighted by molar-refractivity contribution is -0.0326. The van der Waals surface area contributed by atoms with E-state index >= 15 is 0 Å². The topological polar surface area (TPSA) is 29.5 Å². The Morgan fingerprint density at radius 2 is 2.07 bits per heavy atom. The molecule has 0 bridgehead atoms. The van der Waals surface area contributed by atoms with Gasteiger partial charge in [-0.25, -0.2) is 0 Å². The van der Waals surface area contributed by atoms with E-state index in [1.807, 2.05) is 24.3 Å². The molecule has 0 amide bonds. The Morgan fingerprint density at radius 3 is 2.64 bits per heavy atom. The van der Waals surface area contributed by atoms with Crippen molar-refractivity contribution in [3.05, 3.63) is 29.8 Å². The van der Waals surface area contributed by atoms with Gasteiger partial charge in [-0.05, 0) is 30.9 Å². The maximum absolute atomic E-state index is 10.0. The second-order valence-corrected chi connectivity index (χ2v) is 4.07. The lowest BCUT2D eigenvalue weighted by Crippen LogP contribution is -2.38. The molecule has 2 nitrogen and oxygen atoms in total. The van der Waals surface area contributed by atoms with E-state index in [4.69, 9.17) is 4.74 Å². The molecule has 1 aromatic rings. The molecular formula is C12H16O2. The van der Waals surface area contributed by atoms with Crippen molar-refractivity contribution < 1.29 is 9.84 Å². The molecule has 14 heavy (non-hydrogen) atoms. The maximum atomic E-state index is 10.0. The van der Waals surface area contributed by atoms with Crippen molar-refractivity contribution in [2.75, 3.05) is 7.11 Å². The number of para-hydroxylation sites is 1. The molecule has 1 aliphatic carbocycles. The first kappa shape index (κ1) is 9.53. The Morgan fingerprint density at radius 1 is 1.36 bits per heavy atom. The van der Waals surface area contributed by atoms with Crippen molar-refractivity contribution in [2.24, 2.45) is 0 Å². The second-order valence-electron chi connectivity index (χ2n) is 4.07. The van der Waals surface area contributed by atoms with Gasteiger partial charge in [0.25, 0.3) is 0 Å². The van der Waals surface area contributed by atoms with E-state index in [1.165, 1.54) is 0 Å². The molecule has 2 rings (SSSR count). The molecule has 0 atom stereocenters. The molecule has 0 aliphatic heterocycles. The van der Waals surface area contributed by atoms with Gasteiger partial charge in [0.1, 0.15) is 5.75 Å². The van der Waals surface area contributed by atoms with Crippen molar-refractivity contribution in [1.29, 1.82) is 0 Å². The summed E-state index contributed by atoms with van der Waals surface area (Å²) in [4.78, 5) is 0. The van der Waals surface area contributed by atoms with Crippen molar-refractivity contribution in [2.45, 2.75) is 31.3 Å². The molecule has 0 aromatic heterocycles. The van der Waals surface area contributed by atoms with Gasteiger partial charge >= 0.3 is 0 Å². The summed E-state index contributed by atoms with van der Waals surface area (Å²) in [6.45, 7) is 0. The summed E-state index contributed by atoms with van der Waals surface area (Å²) in [6, 6.07) is 7.90. The molecular weight excluding hydrogens is 176 g/mol. The third-order valence-corrected chi connectivity index (χ3v) is 3.00. The monoisotopic (exact) mass is 192 g/mol. The van der Waals surface area contributed by atoms with Crippen LogP contribution in [-0.4, -0.2) is 17.8 Å². The predicted octanol–water partition coefficient (Wildman–Crippen LogP) is 2.15. The minimum atomic E-state index is -0.464. The standard InChI is InChI=1S/C12H16O2/c1-14-11-6-3-2-5-10(11)9-12(13)7-4-8-12/h2-3,5-6,13H,4,7-9H2,1H3. The maximum Gasteiger partial charge on any atom is 0.122 e. The molecule has 1 aliphatic rings. The zero-order valence-electron chi connectivity index (χ0n) is 8.49. The predicted molar refractivity (Wildman–Crippen MR) is 55.5 cm³/mol. The number of methoxy groups -OCH3 is 1. The third kappa shape index (κ3) is 1.75. The second kappa shape index (κ2) is 3.62. The average Bonchev–Trinajstić information content (AvgIpc) is 2.16. The van der Waals surface area contributed by atoms with Gasteiger partial charge in [-0.1, -0.05) is 18.2 Å². The van der Waals surface area contributed by atoms with Crippen molar-refractivity contribution in [1.82, 2.24) is 0 Å². The van der Waals surface area contributed by atoms with E-state index in [-0.39, 0.29) is 0 Å². The first-order chi connectivity index (χ1) is 6.73. The van der Waals surface area contributed by atoms with Crippen LogP contribution in [0.4, 0.5) is 0 Å². The van der Waals surface area contributed by atoms with E-state index in [0.717, 1.165) is 37.0 Å². The first-order valence-electron chi connectivity index (χ1n) is 5.08. The lowest BCUT2D eigenvalue weighted by atomic mass is 9.76. The average molecular weight is 192 g/mol. The fourth-order valence-corrected chi connectivity index (χ4v) is 1.97. The summed E-state index contributed by atoms with van der Waals surface area (Å²) in [5.74, 6) is 0.882. The Bertz CT molecular complexity index is 316. The summed E-state index contributed by atoms with van der Waals surface area (Å²) < 4.78 is 5.25. The molecule has 0 heterocycles. The molecule has 0 unspecified atom stereocenters. The third-order valence-electron chi connectivity index (χ3n) is 3.00. The van der Waals surface area contributed by atoms with E-state index < -0.39 is 5.60 Å². The molecule has 1 aromatic carbocycles. The molecule has 2 heteroatoms. The number of hydrogen-bond acceptors (Lipinski definition) is 2. The zero-order chi connectivity index (χ0) is 10.0. The largest absolute Gasteiger partial charge is 0.496 e. The Hall–Kier alpha value is -1.02.